The van der Waals surface area contributed by atoms with E-state index in [9.17, 15) is 14.7 Å². The number of hydrogen-bond acceptors (Lipinski definition) is 5. The summed E-state index contributed by atoms with van der Waals surface area (Å²) in [6.07, 6.45) is 9.86. The number of nitrogens with zero attached hydrogens (tertiary/aromatic N) is 2. The third kappa shape index (κ3) is 4.62. The van der Waals surface area contributed by atoms with Gasteiger partial charge in [0.15, 0.2) is 0 Å². The van der Waals surface area contributed by atoms with Crippen molar-refractivity contribution in [1.82, 2.24) is 19.9 Å². The van der Waals surface area contributed by atoms with Gasteiger partial charge in [0.25, 0.3) is 5.56 Å². The Morgan fingerprint density at radius 1 is 1.19 bits per heavy atom. The van der Waals surface area contributed by atoms with Crippen LogP contribution in [-0.4, -0.2) is 43.9 Å². The lowest BCUT2D eigenvalue weighted by molar-refractivity contribution is -0.124. The molecule has 3 heterocycles. The molecular formula is C29H32N4O4. The first kappa shape index (κ1) is 23.7. The number of aromatic nitrogens is 3. The van der Waals surface area contributed by atoms with Gasteiger partial charge in [-0.15, -0.1) is 0 Å². The molecule has 3 N–H and O–H groups in total. The molecule has 0 unspecified atom stereocenters. The molecule has 37 heavy (non-hydrogen) atoms. The average Bonchev–Trinajstić information content (AvgIpc) is 3.20. The molecule has 2 aliphatic carbocycles. The first-order valence-corrected chi connectivity index (χ1v) is 12.9. The Kier molecular flexibility index (Phi) is 5.60. The Labute approximate surface area is 214 Å². The number of rotatable bonds is 7. The molecular weight excluding hydrogens is 468 g/mol. The van der Waals surface area contributed by atoms with Gasteiger partial charge in [0.1, 0.15) is 12.4 Å². The van der Waals surface area contributed by atoms with Crippen molar-refractivity contribution in [2.24, 2.45) is 5.41 Å². The zero-order valence-electron chi connectivity index (χ0n) is 21.2. The first-order valence-electron chi connectivity index (χ1n) is 12.9. The Balaban J connectivity index is 1.02. The van der Waals surface area contributed by atoms with Gasteiger partial charge in [0, 0.05) is 23.2 Å². The average molecular weight is 501 g/mol. The minimum absolute atomic E-state index is 0.0135. The van der Waals surface area contributed by atoms with Gasteiger partial charge >= 0.3 is 0 Å². The highest BCUT2D eigenvalue weighted by Crippen LogP contribution is 2.62. The lowest BCUT2D eigenvalue weighted by Gasteiger charge is -2.58. The minimum atomic E-state index is -0.918. The molecule has 8 nitrogen and oxygen atoms in total. The van der Waals surface area contributed by atoms with Crippen molar-refractivity contribution in [1.29, 1.82) is 0 Å². The van der Waals surface area contributed by atoms with E-state index in [1.54, 1.807) is 30.8 Å². The van der Waals surface area contributed by atoms with E-state index in [0.29, 0.717) is 17.1 Å². The molecule has 6 rings (SSSR count). The molecule has 0 radical (unpaired) electrons. The summed E-state index contributed by atoms with van der Waals surface area (Å²) >= 11 is 0. The highest BCUT2D eigenvalue weighted by Gasteiger charge is 2.53. The molecule has 3 aromatic heterocycles. The fourth-order valence-electron chi connectivity index (χ4n) is 6.15. The number of nitrogens with one attached hydrogen (secondary N) is 2. The summed E-state index contributed by atoms with van der Waals surface area (Å²) in [6.45, 7) is 3.56. The van der Waals surface area contributed by atoms with Crippen LogP contribution in [0.25, 0.3) is 16.3 Å². The number of pyridine rings is 2. The van der Waals surface area contributed by atoms with E-state index < -0.39 is 5.60 Å². The lowest BCUT2D eigenvalue weighted by atomic mass is 9.49. The Bertz CT molecular complexity index is 1530. The summed E-state index contributed by atoms with van der Waals surface area (Å²) in [5, 5.41) is 19.2. The van der Waals surface area contributed by atoms with Crippen LogP contribution < -0.4 is 15.6 Å². The standard InChI is InChI=1S/C29H32N4O4/c1-28(2,36)17-37-21-7-8-25-18(14-31-33(25)16-21)9-26(34)32-20-12-29(13-20)10-19(11-29)24-15-30-27(35)23-6-4-3-5-22(23)24/h3-8,14-16,19-20,36H,9-13,17H2,1-2H3,(H,30,35)(H,32,34). The minimum Gasteiger partial charge on any atom is -0.489 e. The summed E-state index contributed by atoms with van der Waals surface area (Å²) in [6, 6.07) is 11.8. The Morgan fingerprint density at radius 2 is 1.95 bits per heavy atom. The topological polar surface area (TPSA) is 109 Å². The van der Waals surface area contributed by atoms with Crippen LogP contribution in [0, 0.1) is 5.41 Å². The van der Waals surface area contributed by atoms with Gasteiger partial charge in [0.2, 0.25) is 5.91 Å². The van der Waals surface area contributed by atoms with Gasteiger partial charge < -0.3 is 20.1 Å². The number of carbonyl (C=O) groups excluding carboxylic acids is 1. The molecule has 0 atom stereocenters. The van der Waals surface area contributed by atoms with Crippen LogP contribution in [0.3, 0.4) is 0 Å². The van der Waals surface area contributed by atoms with Gasteiger partial charge in [0.05, 0.1) is 29.9 Å². The smallest absolute Gasteiger partial charge is 0.255 e. The van der Waals surface area contributed by atoms with Crippen LogP contribution in [0.5, 0.6) is 5.75 Å². The number of amides is 1. The molecule has 1 spiro atoms. The zero-order valence-corrected chi connectivity index (χ0v) is 21.2. The second-order valence-electron chi connectivity index (χ2n) is 11.5. The number of aromatic amines is 1. The predicted octanol–water partition coefficient (Wildman–Crippen LogP) is 3.71. The molecule has 1 aromatic carbocycles. The number of H-pyrrole nitrogens is 1. The quantitative estimate of drug-likeness (QED) is 0.359. The van der Waals surface area contributed by atoms with Crippen molar-refractivity contribution in [3.63, 3.8) is 0 Å². The Morgan fingerprint density at radius 3 is 2.70 bits per heavy atom. The van der Waals surface area contributed by atoms with Gasteiger partial charge in [-0.05, 0) is 80.0 Å². The van der Waals surface area contributed by atoms with E-state index >= 15 is 0 Å². The van der Waals surface area contributed by atoms with Crippen LogP contribution in [0.2, 0.25) is 0 Å². The second kappa shape index (κ2) is 8.73. The van der Waals surface area contributed by atoms with Gasteiger partial charge in [-0.2, -0.15) is 5.10 Å². The summed E-state index contributed by atoms with van der Waals surface area (Å²) < 4.78 is 7.34. The number of carbonyl (C=O) groups is 1. The molecule has 0 saturated heterocycles. The first-order chi connectivity index (χ1) is 17.7. The normalized spacial score (nSPS) is 23.1. The number of aliphatic hydroxyl groups is 1. The van der Waals surface area contributed by atoms with Crippen LogP contribution in [-0.2, 0) is 11.2 Å². The van der Waals surface area contributed by atoms with E-state index in [-0.39, 0.29) is 30.5 Å². The van der Waals surface area contributed by atoms with Crippen LogP contribution in [0.4, 0.5) is 0 Å². The van der Waals surface area contributed by atoms with Crippen molar-refractivity contribution < 1.29 is 14.6 Å². The van der Waals surface area contributed by atoms with Crippen LogP contribution in [0.15, 0.2) is 59.8 Å². The summed E-state index contributed by atoms with van der Waals surface area (Å²) in [4.78, 5) is 27.8. The summed E-state index contributed by atoms with van der Waals surface area (Å²) in [5.74, 6) is 1.08. The van der Waals surface area contributed by atoms with E-state index in [1.807, 2.05) is 42.6 Å². The third-order valence-corrected chi connectivity index (χ3v) is 7.88. The van der Waals surface area contributed by atoms with E-state index in [1.165, 1.54) is 5.56 Å². The monoisotopic (exact) mass is 500 g/mol. The largest absolute Gasteiger partial charge is 0.489 e. The molecule has 8 heteroatoms. The number of hydrogen-bond donors (Lipinski definition) is 3. The fourth-order valence-corrected chi connectivity index (χ4v) is 6.15. The van der Waals surface area contributed by atoms with Crippen LogP contribution >= 0.6 is 0 Å². The van der Waals surface area contributed by atoms with Crippen LogP contribution in [0.1, 0.15) is 56.6 Å². The van der Waals surface area contributed by atoms with E-state index in [2.05, 4.69) is 15.4 Å². The van der Waals surface area contributed by atoms with Gasteiger partial charge in [-0.3, -0.25) is 9.59 Å². The maximum Gasteiger partial charge on any atom is 0.255 e. The molecule has 192 valence electrons. The molecule has 2 fully saturated rings. The molecule has 4 aromatic rings. The second-order valence-corrected chi connectivity index (χ2v) is 11.5. The maximum absolute atomic E-state index is 12.8. The number of fused-ring (bicyclic) bond motifs is 2. The van der Waals surface area contributed by atoms with Crippen molar-refractivity contribution >= 4 is 22.2 Å². The zero-order chi connectivity index (χ0) is 25.8. The Hall–Kier alpha value is -3.65. The van der Waals surface area contributed by atoms with Crippen molar-refractivity contribution in [3.8, 4) is 5.75 Å². The number of ether oxygens (including phenoxy) is 1. The van der Waals surface area contributed by atoms with Crippen molar-refractivity contribution in [2.75, 3.05) is 6.61 Å². The van der Waals surface area contributed by atoms with Crippen molar-refractivity contribution in [2.45, 2.75) is 63.5 Å². The molecule has 0 bridgehead atoms. The van der Waals surface area contributed by atoms with Crippen molar-refractivity contribution in [3.05, 3.63) is 76.5 Å². The maximum atomic E-state index is 12.8. The molecule has 2 saturated carbocycles. The summed E-state index contributed by atoms with van der Waals surface area (Å²) in [7, 11) is 0. The fraction of sp³-hybridized carbons (Fsp3) is 0.414. The highest BCUT2D eigenvalue weighted by molar-refractivity contribution is 5.85. The summed E-state index contributed by atoms with van der Waals surface area (Å²) in [5.41, 5.74) is 2.32. The molecule has 0 aliphatic heterocycles. The molecule has 2 aliphatic rings. The van der Waals surface area contributed by atoms with Gasteiger partial charge in [-0.1, -0.05) is 18.2 Å². The predicted molar refractivity (Wildman–Crippen MR) is 141 cm³/mol. The molecule has 1 amide bonds. The SMILES string of the molecule is CC(C)(O)COc1ccc2c(CC(=O)NC3CC4(C3)CC(c3c[nH]c(=O)c5ccccc35)C4)cnn2c1. The lowest BCUT2D eigenvalue weighted by Crippen LogP contribution is -2.55. The number of benzene rings is 1. The van der Waals surface area contributed by atoms with E-state index in [4.69, 9.17) is 4.74 Å². The van der Waals surface area contributed by atoms with E-state index in [0.717, 1.165) is 47.5 Å². The highest BCUT2D eigenvalue weighted by atomic mass is 16.5. The third-order valence-electron chi connectivity index (χ3n) is 7.88. The van der Waals surface area contributed by atoms with Gasteiger partial charge in [-0.25, -0.2) is 4.52 Å².